The third-order valence-electron chi connectivity index (χ3n) is 4.53. The molecule has 1 aliphatic heterocycles. The predicted octanol–water partition coefficient (Wildman–Crippen LogP) is 2.55. The van der Waals surface area contributed by atoms with Crippen LogP contribution in [0.15, 0.2) is 11.4 Å². The molecule has 0 bridgehead atoms. The van der Waals surface area contributed by atoms with Crippen LogP contribution in [-0.4, -0.2) is 28.9 Å². The molecule has 0 spiro atoms. The van der Waals surface area contributed by atoms with Gasteiger partial charge in [0.1, 0.15) is 5.54 Å². The Balaban J connectivity index is 2.02. The fourth-order valence-corrected chi connectivity index (χ4v) is 3.32. The second-order valence-electron chi connectivity index (χ2n) is 6.22. The minimum Gasteiger partial charge on any atom is -0.336 e. The molecule has 2 atom stereocenters. The normalized spacial score (nSPS) is 19.4. The Morgan fingerprint density at radius 3 is 2.86 bits per heavy atom. The maximum absolute atomic E-state index is 12.5. The van der Waals surface area contributed by atoms with Crippen LogP contribution in [0.1, 0.15) is 38.1 Å². The second-order valence-corrected chi connectivity index (χ2v) is 7.22. The van der Waals surface area contributed by atoms with Gasteiger partial charge < -0.3 is 5.32 Å². The minimum absolute atomic E-state index is 0.0635. The number of nitrogens with one attached hydrogen (secondary N) is 1. The van der Waals surface area contributed by atoms with Crippen molar-refractivity contribution in [3.63, 3.8) is 0 Å². The molecule has 4 nitrogen and oxygen atoms in total. The summed E-state index contributed by atoms with van der Waals surface area (Å²) in [5.41, 5.74) is 0.520. The molecule has 1 aliphatic rings. The van der Waals surface area contributed by atoms with E-state index in [1.165, 1.54) is 10.4 Å². The molecule has 2 unspecified atom stereocenters. The first-order chi connectivity index (χ1) is 9.87. The van der Waals surface area contributed by atoms with Crippen molar-refractivity contribution in [2.45, 2.75) is 52.2 Å². The van der Waals surface area contributed by atoms with Crippen LogP contribution in [0, 0.1) is 17.2 Å². The first-order valence-corrected chi connectivity index (χ1v) is 8.28. The Morgan fingerprint density at radius 1 is 1.52 bits per heavy atom. The van der Waals surface area contributed by atoms with Crippen LogP contribution < -0.4 is 5.32 Å². The van der Waals surface area contributed by atoms with Crippen LogP contribution in [-0.2, 0) is 17.8 Å². The maximum Gasteiger partial charge on any atom is 0.238 e. The highest BCUT2D eigenvalue weighted by Crippen LogP contribution is 2.25. The van der Waals surface area contributed by atoms with Gasteiger partial charge in [-0.3, -0.25) is 9.69 Å². The highest BCUT2D eigenvalue weighted by atomic mass is 32.1. The van der Waals surface area contributed by atoms with Crippen molar-refractivity contribution < 1.29 is 4.79 Å². The highest BCUT2D eigenvalue weighted by molar-refractivity contribution is 7.10. The molecule has 0 saturated heterocycles. The number of nitriles is 1. The van der Waals surface area contributed by atoms with Crippen LogP contribution in [0.5, 0.6) is 0 Å². The van der Waals surface area contributed by atoms with E-state index in [1.54, 1.807) is 18.3 Å². The molecule has 1 N–H and O–H groups in total. The predicted molar refractivity (Wildman–Crippen MR) is 84.9 cm³/mol. The van der Waals surface area contributed by atoms with E-state index in [-0.39, 0.29) is 17.9 Å². The van der Waals surface area contributed by atoms with Crippen molar-refractivity contribution in [2.24, 2.45) is 5.92 Å². The summed E-state index contributed by atoms with van der Waals surface area (Å²) in [6, 6.07) is 4.15. The average molecular weight is 305 g/mol. The summed E-state index contributed by atoms with van der Waals surface area (Å²) in [5.74, 6) is 0.00918. The number of hydrogen-bond donors (Lipinski definition) is 1. The number of carbonyl (C=O) groups is 1. The third-order valence-corrected chi connectivity index (χ3v) is 5.56. The summed E-state index contributed by atoms with van der Waals surface area (Å²) in [4.78, 5) is 16.1. The van der Waals surface area contributed by atoms with Gasteiger partial charge >= 0.3 is 0 Å². The quantitative estimate of drug-likeness (QED) is 0.930. The number of fused-ring (bicyclic) bond motifs is 1. The van der Waals surface area contributed by atoms with E-state index in [0.29, 0.717) is 0 Å². The highest BCUT2D eigenvalue weighted by Gasteiger charge is 2.33. The molecule has 1 aromatic rings. The van der Waals surface area contributed by atoms with Gasteiger partial charge in [0.05, 0.1) is 12.1 Å². The van der Waals surface area contributed by atoms with Gasteiger partial charge in [-0.05, 0) is 43.2 Å². The molecule has 0 aromatic carbocycles. The summed E-state index contributed by atoms with van der Waals surface area (Å²) in [7, 11) is 0. The summed E-state index contributed by atoms with van der Waals surface area (Å²) in [5, 5.41) is 14.4. The molecule has 0 aliphatic carbocycles. The molecule has 5 heteroatoms. The van der Waals surface area contributed by atoms with Crippen molar-refractivity contribution in [1.29, 1.82) is 5.26 Å². The van der Waals surface area contributed by atoms with Crippen LogP contribution in [0.3, 0.4) is 0 Å². The molecule has 21 heavy (non-hydrogen) atoms. The van der Waals surface area contributed by atoms with Crippen molar-refractivity contribution in [3.05, 3.63) is 21.9 Å². The fraction of sp³-hybridized carbons (Fsp3) is 0.625. The lowest BCUT2D eigenvalue weighted by Crippen LogP contribution is -2.55. The number of rotatable bonds is 4. The van der Waals surface area contributed by atoms with E-state index >= 15 is 0 Å². The molecule has 1 amide bonds. The van der Waals surface area contributed by atoms with Gasteiger partial charge in [-0.1, -0.05) is 13.8 Å². The number of nitrogens with zero attached hydrogens (tertiary/aromatic N) is 2. The third kappa shape index (κ3) is 3.28. The Labute approximate surface area is 130 Å². The van der Waals surface area contributed by atoms with Crippen LogP contribution in [0.25, 0.3) is 0 Å². The lowest BCUT2D eigenvalue weighted by molar-refractivity contribution is -0.127. The smallest absolute Gasteiger partial charge is 0.238 e. The maximum atomic E-state index is 12.5. The summed E-state index contributed by atoms with van der Waals surface area (Å²) >= 11 is 1.79. The Hall–Kier alpha value is -1.38. The summed E-state index contributed by atoms with van der Waals surface area (Å²) in [6.45, 7) is 9.32. The van der Waals surface area contributed by atoms with Crippen molar-refractivity contribution in [2.75, 3.05) is 6.54 Å². The average Bonchev–Trinajstić information content (AvgIpc) is 2.93. The zero-order valence-corrected chi connectivity index (χ0v) is 14.0. The van der Waals surface area contributed by atoms with E-state index in [2.05, 4.69) is 27.7 Å². The molecule has 1 aromatic heterocycles. The molecule has 114 valence electrons. The van der Waals surface area contributed by atoms with Crippen molar-refractivity contribution in [3.8, 4) is 6.07 Å². The lowest BCUT2D eigenvalue weighted by atomic mass is 9.89. The standard InChI is InChI=1S/C16H23N3OS/c1-11(2)16(4,10-17)18-15(20)12(3)19-7-5-14-13(9-19)6-8-21-14/h6,8,11-12H,5,7,9H2,1-4H3,(H,18,20). The van der Waals surface area contributed by atoms with Gasteiger partial charge in [-0.25, -0.2) is 0 Å². The lowest BCUT2D eigenvalue weighted by Gasteiger charge is -2.34. The van der Waals surface area contributed by atoms with Gasteiger partial charge in [0.15, 0.2) is 0 Å². The van der Waals surface area contributed by atoms with Gasteiger partial charge in [-0.15, -0.1) is 11.3 Å². The number of carbonyl (C=O) groups excluding carboxylic acids is 1. The second kappa shape index (κ2) is 6.17. The van der Waals surface area contributed by atoms with E-state index in [0.717, 1.165) is 19.5 Å². The Morgan fingerprint density at radius 2 is 2.24 bits per heavy atom. The molecule has 0 fully saturated rings. The molecule has 2 rings (SSSR count). The van der Waals surface area contributed by atoms with E-state index in [4.69, 9.17) is 0 Å². The molecular weight excluding hydrogens is 282 g/mol. The summed E-state index contributed by atoms with van der Waals surface area (Å²) in [6.07, 6.45) is 1.00. The molecule has 0 radical (unpaired) electrons. The SMILES string of the molecule is CC(C(=O)NC(C)(C#N)C(C)C)N1CCc2sccc2C1. The fourth-order valence-electron chi connectivity index (χ4n) is 2.43. The molecule has 2 heterocycles. The zero-order valence-electron chi connectivity index (χ0n) is 13.1. The van der Waals surface area contributed by atoms with Gasteiger partial charge in [0.2, 0.25) is 5.91 Å². The van der Waals surface area contributed by atoms with E-state index in [1.807, 2.05) is 20.8 Å². The Bertz CT molecular complexity index is 560. The first kappa shape index (κ1) is 16.0. The zero-order chi connectivity index (χ0) is 15.6. The van der Waals surface area contributed by atoms with Crippen LogP contribution >= 0.6 is 11.3 Å². The van der Waals surface area contributed by atoms with E-state index < -0.39 is 5.54 Å². The summed E-state index contributed by atoms with van der Waals surface area (Å²) < 4.78 is 0. The van der Waals surface area contributed by atoms with Crippen LogP contribution in [0.2, 0.25) is 0 Å². The molecule has 0 saturated carbocycles. The van der Waals surface area contributed by atoms with Crippen molar-refractivity contribution in [1.82, 2.24) is 10.2 Å². The largest absolute Gasteiger partial charge is 0.336 e. The first-order valence-electron chi connectivity index (χ1n) is 7.40. The van der Waals surface area contributed by atoms with E-state index in [9.17, 15) is 10.1 Å². The number of thiophene rings is 1. The monoisotopic (exact) mass is 305 g/mol. The van der Waals surface area contributed by atoms with Gasteiger partial charge in [0.25, 0.3) is 0 Å². The van der Waals surface area contributed by atoms with Crippen LogP contribution in [0.4, 0.5) is 0 Å². The number of hydrogen-bond acceptors (Lipinski definition) is 4. The number of amides is 1. The van der Waals surface area contributed by atoms with Gasteiger partial charge in [0, 0.05) is 18.0 Å². The van der Waals surface area contributed by atoms with Crippen molar-refractivity contribution >= 4 is 17.2 Å². The topological polar surface area (TPSA) is 56.1 Å². The molecular formula is C16H23N3OS. The Kier molecular flexibility index (Phi) is 4.70. The van der Waals surface area contributed by atoms with Gasteiger partial charge in [-0.2, -0.15) is 5.26 Å². The minimum atomic E-state index is -0.811.